The summed E-state index contributed by atoms with van der Waals surface area (Å²) in [4.78, 5) is 34.0. The van der Waals surface area contributed by atoms with Crippen LogP contribution < -0.4 is 15.5 Å². The second-order valence-corrected chi connectivity index (χ2v) is 6.99. The van der Waals surface area contributed by atoms with E-state index in [4.69, 9.17) is 4.74 Å². The van der Waals surface area contributed by atoms with E-state index in [1.807, 2.05) is 18.2 Å². The lowest BCUT2D eigenvalue weighted by atomic mass is 10.2. The van der Waals surface area contributed by atoms with Crippen molar-refractivity contribution >= 4 is 29.4 Å². The largest absolute Gasteiger partial charge is 0.489 e. The van der Waals surface area contributed by atoms with Crippen molar-refractivity contribution in [1.82, 2.24) is 5.43 Å². The number of rotatable bonds is 10. The van der Waals surface area contributed by atoms with Crippen LogP contribution in [0, 0.1) is 10.1 Å². The number of nitrogens with one attached hydrogen (secondary N) is 2. The van der Waals surface area contributed by atoms with Crippen molar-refractivity contribution in [2.75, 3.05) is 5.32 Å². The molecule has 0 atom stereocenters. The number of ether oxygens (including phenoxy) is 1. The topological polar surface area (TPSA) is 123 Å². The van der Waals surface area contributed by atoms with Crippen molar-refractivity contribution in [3.05, 3.63) is 100 Å². The lowest BCUT2D eigenvalue weighted by Gasteiger charge is -2.06. The van der Waals surface area contributed by atoms with Crippen molar-refractivity contribution in [1.29, 1.82) is 0 Å². The van der Waals surface area contributed by atoms with Gasteiger partial charge in [-0.3, -0.25) is 19.7 Å². The number of nitrogens with zero attached hydrogens (tertiary/aromatic N) is 2. The fraction of sp³-hybridized carbons (Fsp3) is 0.125. The Balaban J connectivity index is 1.38. The summed E-state index contributed by atoms with van der Waals surface area (Å²) in [7, 11) is 0. The maximum Gasteiger partial charge on any atom is 0.269 e. The lowest BCUT2D eigenvalue weighted by Crippen LogP contribution is -2.20. The van der Waals surface area contributed by atoms with E-state index in [1.165, 1.54) is 18.3 Å². The van der Waals surface area contributed by atoms with Crippen LogP contribution >= 0.6 is 0 Å². The van der Waals surface area contributed by atoms with Crippen LogP contribution in [-0.4, -0.2) is 23.0 Å². The van der Waals surface area contributed by atoms with Crippen molar-refractivity contribution in [3.63, 3.8) is 0 Å². The Bertz CT molecular complexity index is 1110. The number of carbonyl (C=O) groups is 2. The summed E-state index contributed by atoms with van der Waals surface area (Å²) < 4.78 is 5.67. The first-order valence-corrected chi connectivity index (χ1v) is 10.1. The van der Waals surface area contributed by atoms with Gasteiger partial charge in [-0.2, -0.15) is 5.10 Å². The van der Waals surface area contributed by atoms with Gasteiger partial charge >= 0.3 is 0 Å². The minimum absolute atomic E-state index is 0.0193. The highest BCUT2D eigenvalue weighted by Crippen LogP contribution is 2.16. The molecule has 0 saturated heterocycles. The molecule has 0 aromatic heterocycles. The molecule has 2 amide bonds. The second-order valence-electron chi connectivity index (χ2n) is 6.99. The number of carbonyl (C=O) groups excluding carboxylic acids is 2. The van der Waals surface area contributed by atoms with Gasteiger partial charge in [-0.15, -0.1) is 0 Å². The first kappa shape index (κ1) is 23.1. The molecule has 0 fully saturated rings. The van der Waals surface area contributed by atoms with Crippen molar-refractivity contribution in [2.45, 2.75) is 19.4 Å². The van der Waals surface area contributed by atoms with E-state index in [2.05, 4.69) is 15.8 Å². The van der Waals surface area contributed by atoms with Crippen LogP contribution in [0.4, 0.5) is 11.4 Å². The van der Waals surface area contributed by atoms with E-state index in [0.29, 0.717) is 11.4 Å². The third-order valence-electron chi connectivity index (χ3n) is 4.47. The fourth-order valence-corrected chi connectivity index (χ4v) is 2.74. The van der Waals surface area contributed by atoms with Crippen LogP contribution in [0.1, 0.15) is 24.0 Å². The smallest absolute Gasteiger partial charge is 0.269 e. The predicted molar refractivity (Wildman–Crippen MR) is 124 cm³/mol. The average molecular weight is 446 g/mol. The lowest BCUT2D eigenvalue weighted by molar-refractivity contribution is -0.384. The number of amides is 2. The van der Waals surface area contributed by atoms with Gasteiger partial charge in [-0.05, 0) is 59.7 Å². The molecule has 0 spiro atoms. The third-order valence-corrected chi connectivity index (χ3v) is 4.47. The van der Waals surface area contributed by atoms with Crippen LogP contribution in [0.3, 0.4) is 0 Å². The molecule has 0 radical (unpaired) electrons. The molecule has 3 aromatic carbocycles. The number of para-hydroxylation sites is 1. The monoisotopic (exact) mass is 446 g/mol. The van der Waals surface area contributed by atoms with E-state index in [-0.39, 0.29) is 37.0 Å². The summed E-state index contributed by atoms with van der Waals surface area (Å²) in [5, 5.41) is 17.3. The maximum atomic E-state index is 11.9. The zero-order chi connectivity index (χ0) is 23.5. The van der Waals surface area contributed by atoms with Gasteiger partial charge in [0, 0.05) is 30.7 Å². The quantitative estimate of drug-likeness (QED) is 0.276. The molecule has 3 rings (SSSR count). The Morgan fingerprint density at radius 1 is 0.909 bits per heavy atom. The van der Waals surface area contributed by atoms with Gasteiger partial charge in [0.2, 0.25) is 11.8 Å². The summed E-state index contributed by atoms with van der Waals surface area (Å²) in [6.07, 6.45) is 1.56. The summed E-state index contributed by atoms with van der Waals surface area (Å²) in [6.45, 7) is 0.277. The number of hydrazone groups is 1. The fourth-order valence-electron chi connectivity index (χ4n) is 2.74. The summed E-state index contributed by atoms with van der Waals surface area (Å²) in [6, 6.07) is 22.2. The van der Waals surface area contributed by atoms with Crippen LogP contribution in [-0.2, 0) is 16.2 Å². The van der Waals surface area contributed by atoms with E-state index < -0.39 is 4.92 Å². The van der Waals surface area contributed by atoms with Gasteiger partial charge in [-0.25, -0.2) is 5.43 Å². The summed E-state index contributed by atoms with van der Waals surface area (Å²) in [5.41, 5.74) is 4.67. The van der Waals surface area contributed by atoms with E-state index in [9.17, 15) is 19.7 Å². The molecule has 33 heavy (non-hydrogen) atoms. The number of benzene rings is 3. The van der Waals surface area contributed by atoms with Gasteiger partial charge in [0.1, 0.15) is 12.4 Å². The minimum atomic E-state index is -0.448. The zero-order valence-corrected chi connectivity index (χ0v) is 17.6. The normalized spacial score (nSPS) is 10.5. The first-order chi connectivity index (χ1) is 16.0. The van der Waals surface area contributed by atoms with Crippen LogP contribution in [0.5, 0.6) is 5.75 Å². The Kier molecular flexibility index (Phi) is 8.24. The second kappa shape index (κ2) is 11.8. The van der Waals surface area contributed by atoms with Gasteiger partial charge < -0.3 is 10.1 Å². The Morgan fingerprint density at radius 3 is 2.24 bits per heavy atom. The predicted octanol–water partition coefficient (Wildman–Crippen LogP) is 4.04. The zero-order valence-electron chi connectivity index (χ0n) is 17.6. The molecule has 9 nitrogen and oxygen atoms in total. The number of anilines is 1. The molecule has 0 aliphatic rings. The van der Waals surface area contributed by atoms with Crippen LogP contribution in [0.15, 0.2) is 84.0 Å². The van der Waals surface area contributed by atoms with Crippen LogP contribution in [0.25, 0.3) is 0 Å². The highest BCUT2D eigenvalue weighted by Gasteiger charge is 2.07. The molecule has 0 heterocycles. The van der Waals surface area contributed by atoms with Gasteiger partial charge in [0.05, 0.1) is 11.1 Å². The molecule has 9 heteroatoms. The standard InChI is InChI=1S/C24H22N4O5/c29-23(26-20-4-2-1-3-5-20)14-15-24(30)27-25-16-18-8-12-22(13-9-18)33-17-19-6-10-21(11-7-19)28(31)32/h1-13,16H,14-15,17H2,(H,26,29)(H,27,30). The molecule has 0 saturated carbocycles. The van der Waals surface area contributed by atoms with Crippen molar-refractivity contribution in [2.24, 2.45) is 5.10 Å². The maximum absolute atomic E-state index is 11.9. The molecular weight excluding hydrogens is 424 g/mol. The molecule has 0 aliphatic heterocycles. The Morgan fingerprint density at radius 2 is 1.58 bits per heavy atom. The number of nitro benzene ring substituents is 1. The first-order valence-electron chi connectivity index (χ1n) is 10.1. The number of hydrogen-bond donors (Lipinski definition) is 2. The number of hydrogen-bond acceptors (Lipinski definition) is 6. The summed E-state index contributed by atoms with van der Waals surface area (Å²) >= 11 is 0. The highest BCUT2D eigenvalue weighted by molar-refractivity contribution is 5.93. The van der Waals surface area contributed by atoms with Crippen molar-refractivity contribution < 1.29 is 19.2 Å². The average Bonchev–Trinajstić information content (AvgIpc) is 2.83. The Labute approximate surface area is 190 Å². The molecule has 3 aromatic rings. The molecule has 168 valence electrons. The van der Waals surface area contributed by atoms with Gasteiger partial charge in [0.25, 0.3) is 5.69 Å². The highest BCUT2D eigenvalue weighted by atomic mass is 16.6. The molecule has 0 aliphatic carbocycles. The number of nitro groups is 1. The van der Waals surface area contributed by atoms with E-state index in [1.54, 1.807) is 48.5 Å². The van der Waals surface area contributed by atoms with Crippen LogP contribution in [0.2, 0.25) is 0 Å². The van der Waals surface area contributed by atoms with E-state index >= 15 is 0 Å². The Hall–Kier alpha value is -4.53. The molecular formula is C24H22N4O5. The van der Waals surface area contributed by atoms with Crippen molar-refractivity contribution in [3.8, 4) is 5.75 Å². The SMILES string of the molecule is O=C(CCC(=O)Nc1ccccc1)NN=Cc1ccc(OCc2ccc([N+](=O)[O-])cc2)cc1. The molecule has 0 unspecified atom stereocenters. The molecule has 2 N–H and O–H groups in total. The number of non-ortho nitro benzene ring substituents is 1. The van der Waals surface area contributed by atoms with Gasteiger partial charge in [0.15, 0.2) is 0 Å². The third kappa shape index (κ3) is 7.91. The minimum Gasteiger partial charge on any atom is -0.489 e. The van der Waals surface area contributed by atoms with E-state index in [0.717, 1.165) is 11.1 Å². The molecule has 0 bridgehead atoms. The summed E-state index contributed by atoms with van der Waals surface area (Å²) in [5.74, 6) is 0.0149. The van der Waals surface area contributed by atoms with Gasteiger partial charge in [-0.1, -0.05) is 18.2 Å².